The van der Waals surface area contributed by atoms with Gasteiger partial charge >= 0.3 is 0 Å². The van der Waals surface area contributed by atoms with Crippen LogP contribution >= 0.6 is 0 Å². The normalized spacial score (nSPS) is 14.6. The van der Waals surface area contributed by atoms with Gasteiger partial charge in [-0.15, -0.1) is 0 Å². The van der Waals surface area contributed by atoms with Crippen molar-refractivity contribution in [3.63, 3.8) is 0 Å². The van der Waals surface area contributed by atoms with Crippen molar-refractivity contribution in [2.75, 3.05) is 0 Å². The van der Waals surface area contributed by atoms with Gasteiger partial charge in [0, 0.05) is 16.9 Å². The lowest BCUT2D eigenvalue weighted by atomic mass is 9.88. The maximum atomic E-state index is 13.9. The van der Waals surface area contributed by atoms with Crippen LogP contribution in [-0.2, 0) is 27.2 Å². The molecule has 2 atom stereocenters. The standard InChI is InChI=1S/C31H39NO2SSi/c1-23(2)36(24(3)4,25(5)6)34-31(22-32,21-27-13-9-8-10-14-27)29-15-11-12-16-30(29)35(33)28-19-17-26(7)18-20-28/h8-20,23-25H,21H2,1-7H3/t31-,35-/m0/s1. The van der Waals surface area contributed by atoms with E-state index in [9.17, 15) is 9.47 Å². The lowest BCUT2D eigenvalue weighted by Crippen LogP contribution is -2.54. The van der Waals surface area contributed by atoms with Crippen LogP contribution in [0.25, 0.3) is 0 Å². The molecule has 3 nitrogen and oxygen atoms in total. The largest absolute Gasteiger partial charge is 0.395 e. The number of benzene rings is 3. The van der Waals surface area contributed by atoms with Crippen molar-refractivity contribution in [1.29, 1.82) is 5.26 Å². The summed E-state index contributed by atoms with van der Waals surface area (Å²) in [6.07, 6.45) is 0.396. The van der Waals surface area contributed by atoms with Crippen LogP contribution in [0.1, 0.15) is 58.2 Å². The van der Waals surface area contributed by atoms with Crippen molar-refractivity contribution in [1.82, 2.24) is 0 Å². The van der Waals surface area contributed by atoms with Gasteiger partial charge in [0.15, 0.2) is 5.60 Å². The number of aryl methyl sites for hydroxylation is 1. The van der Waals surface area contributed by atoms with Gasteiger partial charge in [-0.3, -0.25) is 0 Å². The fourth-order valence-electron chi connectivity index (χ4n) is 5.60. The molecule has 0 spiro atoms. The smallest absolute Gasteiger partial charge is 0.202 e. The van der Waals surface area contributed by atoms with Crippen LogP contribution in [0.2, 0.25) is 16.6 Å². The molecule has 0 saturated carbocycles. The first-order valence-electron chi connectivity index (χ1n) is 12.8. The minimum absolute atomic E-state index is 0.302. The Hall–Kier alpha value is -2.52. The summed E-state index contributed by atoms with van der Waals surface area (Å²) in [5, 5.41) is 11.0. The molecule has 0 unspecified atom stereocenters. The van der Waals surface area contributed by atoms with Crippen LogP contribution in [0.4, 0.5) is 0 Å². The molecule has 0 aromatic heterocycles. The molecule has 0 aliphatic heterocycles. The summed E-state index contributed by atoms with van der Waals surface area (Å²) in [5.74, 6) is 0. The van der Waals surface area contributed by atoms with Crippen LogP contribution in [0.5, 0.6) is 0 Å². The van der Waals surface area contributed by atoms with E-state index in [2.05, 4.69) is 47.6 Å². The van der Waals surface area contributed by atoms with E-state index in [0.717, 1.165) is 16.0 Å². The summed E-state index contributed by atoms with van der Waals surface area (Å²) in [5.41, 5.74) is 2.48. The molecule has 0 amide bonds. The minimum atomic E-state index is -2.49. The maximum Gasteiger partial charge on any atom is 0.202 e. The summed E-state index contributed by atoms with van der Waals surface area (Å²) in [6, 6.07) is 28.1. The topological polar surface area (TPSA) is 50.1 Å². The molecular weight excluding hydrogens is 478 g/mol. The highest BCUT2D eigenvalue weighted by Crippen LogP contribution is 2.48. The van der Waals surface area contributed by atoms with Crippen molar-refractivity contribution in [3.8, 4) is 6.07 Å². The molecule has 0 bridgehead atoms. The summed E-state index contributed by atoms with van der Waals surface area (Å²) < 4.78 is 21.3. The third kappa shape index (κ3) is 5.57. The number of nitrogens with zero attached hydrogens (tertiary/aromatic N) is 1. The van der Waals surface area contributed by atoms with Crippen LogP contribution < -0.4 is 0 Å². The first kappa shape index (κ1) is 28.1. The van der Waals surface area contributed by atoms with E-state index in [1.807, 2.05) is 85.8 Å². The van der Waals surface area contributed by atoms with Crippen LogP contribution in [0.3, 0.4) is 0 Å². The Labute approximate surface area is 221 Å². The maximum absolute atomic E-state index is 13.9. The van der Waals surface area contributed by atoms with Gasteiger partial charge in [0.2, 0.25) is 8.32 Å². The molecule has 3 aromatic carbocycles. The number of rotatable bonds is 10. The molecule has 0 fully saturated rings. The Kier molecular flexibility index (Phi) is 9.11. The van der Waals surface area contributed by atoms with E-state index in [0.29, 0.717) is 33.5 Å². The number of nitriles is 1. The van der Waals surface area contributed by atoms with Crippen LogP contribution in [0, 0.1) is 18.3 Å². The van der Waals surface area contributed by atoms with Crippen molar-refractivity contribution in [2.24, 2.45) is 0 Å². The number of hydrogen-bond donors (Lipinski definition) is 0. The lowest BCUT2D eigenvalue weighted by Gasteiger charge is -2.47. The van der Waals surface area contributed by atoms with E-state index < -0.39 is 24.7 Å². The van der Waals surface area contributed by atoms with Crippen molar-refractivity contribution >= 4 is 19.1 Å². The van der Waals surface area contributed by atoms with Gasteiger partial charge < -0.3 is 4.43 Å². The molecule has 0 aliphatic carbocycles. The lowest BCUT2D eigenvalue weighted by molar-refractivity contribution is 0.1000. The summed E-state index contributed by atoms with van der Waals surface area (Å²) in [7, 11) is -3.94. The predicted octanol–water partition coefficient (Wildman–Crippen LogP) is 8.32. The SMILES string of the molecule is Cc1ccc([S@](=O)c2ccccc2[C@@](C#N)(Cc2ccccc2)O[Si](C(C)C)(C(C)C)C(C)C)cc1. The zero-order chi connectivity index (χ0) is 26.5. The molecule has 0 heterocycles. The van der Waals surface area contributed by atoms with Crippen molar-refractivity contribution < 1.29 is 8.63 Å². The number of hydrogen-bond acceptors (Lipinski definition) is 3. The highest BCUT2D eigenvalue weighted by atomic mass is 32.2. The van der Waals surface area contributed by atoms with Crippen LogP contribution in [-0.4, -0.2) is 12.5 Å². The second-order valence-corrected chi connectivity index (χ2v) is 17.4. The second kappa shape index (κ2) is 11.7. The molecule has 0 saturated heterocycles. The summed E-state index contributed by atoms with van der Waals surface area (Å²) in [6.45, 7) is 15.4. The third-order valence-corrected chi connectivity index (χ3v) is 14.9. The van der Waals surface area contributed by atoms with E-state index in [1.54, 1.807) is 0 Å². The quantitative estimate of drug-likeness (QED) is 0.254. The molecule has 3 aromatic rings. The monoisotopic (exact) mass is 517 g/mol. The Balaban J connectivity index is 2.27. The summed E-state index contributed by atoms with van der Waals surface area (Å²) in [4.78, 5) is 1.36. The molecule has 3 rings (SSSR count). The van der Waals surface area contributed by atoms with Crippen molar-refractivity contribution in [2.45, 2.75) is 86.9 Å². The fourth-order valence-corrected chi connectivity index (χ4v) is 12.4. The molecule has 36 heavy (non-hydrogen) atoms. The molecular formula is C31H39NO2SSi. The van der Waals surface area contributed by atoms with Gasteiger partial charge in [-0.05, 0) is 47.3 Å². The molecule has 0 N–H and O–H groups in total. The van der Waals surface area contributed by atoms with E-state index in [-0.39, 0.29) is 0 Å². The van der Waals surface area contributed by atoms with Gasteiger partial charge in [0.05, 0.1) is 15.7 Å². The highest BCUT2D eigenvalue weighted by molar-refractivity contribution is 7.85. The van der Waals surface area contributed by atoms with Gasteiger partial charge in [-0.2, -0.15) is 5.26 Å². The van der Waals surface area contributed by atoms with E-state index in [4.69, 9.17) is 4.43 Å². The van der Waals surface area contributed by atoms with Gasteiger partial charge in [0.1, 0.15) is 6.07 Å². The highest BCUT2D eigenvalue weighted by Gasteiger charge is 2.52. The average Bonchev–Trinajstić information content (AvgIpc) is 2.86. The molecule has 0 radical (unpaired) electrons. The predicted molar refractivity (Wildman–Crippen MR) is 152 cm³/mol. The first-order valence-corrected chi connectivity index (χ1v) is 16.1. The van der Waals surface area contributed by atoms with Gasteiger partial charge in [-0.1, -0.05) is 108 Å². The molecule has 190 valence electrons. The Morgan fingerprint density at radius 1 is 0.833 bits per heavy atom. The Morgan fingerprint density at radius 3 is 1.89 bits per heavy atom. The molecule has 0 aliphatic rings. The van der Waals surface area contributed by atoms with E-state index in [1.165, 1.54) is 0 Å². The Morgan fingerprint density at radius 2 is 1.36 bits per heavy atom. The van der Waals surface area contributed by atoms with Gasteiger partial charge in [-0.25, -0.2) is 4.21 Å². The fraction of sp³-hybridized carbons (Fsp3) is 0.387. The third-order valence-electron chi connectivity index (χ3n) is 7.29. The Bertz CT molecular complexity index is 1190. The van der Waals surface area contributed by atoms with Gasteiger partial charge in [0.25, 0.3) is 0 Å². The first-order chi connectivity index (χ1) is 17.1. The average molecular weight is 518 g/mol. The zero-order valence-electron chi connectivity index (χ0n) is 22.6. The zero-order valence-corrected chi connectivity index (χ0v) is 24.4. The summed E-state index contributed by atoms with van der Waals surface area (Å²) >= 11 is 0. The minimum Gasteiger partial charge on any atom is -0.395 e. The molecule has 5 heteroatoms. The second-order valence-electron chi connectivity index (χ2n) is 10.6. The van der Waals surface area contributed by atoms with E-state index >= 15 is 0 Å². The van der Waals surface area contributed by atoms with Crippen molar-refractivity contribution in [3.05, 3.63) is 95.6 Å². The van der Waals surface area contributed by atoms with Crippen LogP contribution in [0.15, 0.2) is 88.7 Å².